The number of likely N-dealkylation sites (tertiary alicyclic amines) is 1. The van der Waals surface area contributed by atoms with Crippen LogP contribution in [0.1, 0.15) is 13.3 Å². The molecule has 8 heteroatoms. The summed E-state index contributed by atoms with van der Waals surface area (Å²) < 4.78 is 0. The van der Waals surface area contributed by atoms with Crippen molar-refractivity contribution in [3.05, 3.63) is 0 Å². The van der Waals surface area contributed by atoms with Crippen molar-refractivity contribution in [2.24, 2.45) is 5.73 Å². The minimum absolute atomic E-state index is 0.00956. The van der Waals surface area contributed by atoms with E-state index in [2.05, 4.69) is 5.32 Å². The number of nitrogens with two attached hydrogens (primary N) is 1. The van der Waals surface area contributed by atoms with Gasteiger partial charge < -0.3 is 26.2 Å². The first kappa shape index (κ1) is 13.2. The Morgan fingerprint density at radius 1 is 1.47 bits per heavy atom. The lowest BCUT2D eigenvalue weighted by molar-refractivity contribution is -0.148. The number of carboxylic acids is 1. The van der Waals surface area contributed by atoms with Gasteiger partial charge in [0.1, 0.15) is 12.1 Å². The first-order valence-corrected chi connectivity index (χ1v) is 5.10. The Hall–Kier alpha value is -1.83. The first-order chi connectivity index (χ1) is 7.82. The highest BCUT2D eigenvalue weighted by Gasteiger charge is 2.40. The number of amides is 3. The number of hydrogen-bond donors (Lipinski definition) is 4. The highest BCUT2D eigenvalue weighted by molar-refractivity contribution is 5.90. The maximum absolute atomic E-state index is 11.8. The van der Waals surface area contributed by atoms with E-state index in [1.54, 1.807) is 0 Å². The molecular formula is C9H15N3O5. The standard InChI is InChI=1S/C9H15N3O5/c1-4(11-9(10)17)7(14)12-3-5(13)2-6(12)8(15)16/h4-6,13H,2-3H2,1H3,(H,15,16)(H3,10,11,17)/t4?,5-,6-/m0/s1. The maximum atomic E-state index is 11.8. The van der Waals surface area contributed by atoms with Crippen LogP contribution in [0.15, 0.2) is 0 Å². The quantitative estimate of drug-likeness (QED) is 0.460. The summed E-state index contributed by atoms with van der Waals surface area (Å²) in [5.74, 6) is -1.76. The number of carbonyl (C=O) groups is 3. The Labute approximate surface area is 97.4 Å². The fraction of sp³-hybridized carbons (Fsp3) is 0.667. The van der Waals surface area contributed by atoms with E-state index in [1.165, 1.54) is 6.92 Å². The molecule has 8 nitrogen and oxygen atoms in total. The van der Waals surface area contributed by atoms with E-state index in [4.69, 9.17) is 10.8 Å². The molecule has 1 unspecified atom stereocenters. The maximum Gasteiger partial charge on any atom is 0.326 e. The summed E-state index contributed by atoms with van der Waals surface area (Å²) in [5.41, 5.74) is 4.87. The molecule has 96 valence electrons. The van der Waals surface area contributed by atoms with Crippen molar-refractivity contribution < 1.29 is 24.6 Å². The van der Waals surface area contributed by atoms with E-state index in [-0.39, 0.29) is 13.0 Å². The lowest BCUT2D eigenvalue weighted by Gasteiger charge is -2.24. The summed E-state index contributed by atoms with van der Waals surface area (Å²) in [4.78, 5) is 34.3. The minimum Gasteiger partial charge on any atom is -0.480 e. The Balaban J connectivity index is 2.73. The average Bonchev–Trinajstić information content (AvgIpc) is 2.58. The molecule has 0 aromatic carbocycles. The number of carboxylic acid groups (broad SMARTS) is 1. The lowest BCUT2D eigenvalue weighted by atomic mass is 10.2. The fourth-order valence-corrected chi connectivity index (χ4v) is 1.82. The van der Waals surface area contributed by atoms with Crippen LogP contribution in [0.25, 0.3) is 0 Å². The Kier molecular flexibility index (Phi) is 3.89. The first-order valence-electron chi connectivity index (χ1n) is 5.10. The second-order valence-corrected chi connectivity index (χ2v) is 3.96. The molecule has 3 amide bonds. The smallest absolute Gasteiger partial charge is 0.326 e. The topological polar surface area (TPSA) is 133 Å². The number of aliphatic hydroxyl groups is 1. The Morgan fingerprint density at radius 3 is 2.53 bits per heavy atom. The van der Waals surface area contributed by atoms with Gasteiger partial charge in [-0.05, 0) is 6.92 Å². The molecule has 17 heavy (non-hydrogen) atoms. The van der Waals surface area contributed by atoms with E-state index < -0.39 is 36.1 Å². The van der Waals surface area contributed by atoms with Gasteiger partial charge >= 0.3 is 12.0 Å². The van der Waals surface area contributed by atoms with Gasteiger partial charge in [-0.1, -0.05) is 0 Å². The van der Waals surface area contributed by atoms with Crippen LogP contribution in [-0.4, -0.2) is 57.8 Å². The van der Waals surface area contributed by atoms with Crippen LogP contribution < -0.4 is 11.1 Å². The Morgan fingerprint density at radius 2 is 2.06 bits per heavy atom. The van der Waals surface area contributed by atoms with Gasteiger partial charge in [-0.3, -0.25) is 4.79 Å². The van der Waals surface area contributed by atoms with E-state index >= 15 is 0 Å². The average molecular weight is 245 g/mol. The van der Waals surface area contributed by atoms with E-state index in [1.807, 2.05) is 0 Å². The van der Waals surface area contributed by atoms with Crippen molar-refractivity contribution in [2.75, 3.05) is 6.54 Å². The third kappa shape index (κ3) is 3.06. The molecule has 0 saturated carbocycles. The minimum atomic E-state index is -1.18. The van der Waals surface area contributed by atoms with Gasteiger partial charge in [0.05, 0.1) is 6.10 Å². The fourth-order valence-electron chi connectivity index (χ4n) is 1.82. The summed E-state index contributed by atoms with van der Waals surface area (Å²) >= 11 is 0. The second kappa shape index (κ2) is 5.00. The molecule has 1 rings (SSSR count). The van der Waals surface area contributed by atoms with Gasteiger partial charge in [0.2, 0.25) is 5.91 Å². The van der Waals surface area contributed by atoms with Gasteiger partial charge in [0.15, 0.2) is 0 Å². The number of hydrogen-bond acceptors (Lipinski definition) is 4. The van der Waals surface area contributed by atoms with Crippen LogP contribution in [0, 0.1) is 0 Å². The lowest BCUT2D eigenvalue weighted by Crippen LogP contribution is -2.51. The monoisotopic (exact) mass is 245 g/mol. The van der Waals surface area contributed by atoms with E-state index in [0.29, 0.717) is 0 Å². The molecule has 5 N–H and O–H groups in total. The number of carbonyl (C=O) groups excluding carboxylic acids is 2. The van der Waals surface area contributed by atoms with Crippen molar-refractivity contribution in [3.63, 3.8) is 0 Å². The molecule has 0 bridgehead atoms. The normalized spacial score (nSPS) is 25.4. The van der Waals surface area contributed by atoms with Crippen LogP contribution in [0.4, 0.5) is 4.79 Å². The highest BCUT2D eigenvalue weighted by Crippen LogP contribution is 2.19. The number of aliphatic carboxylic acids is 1. The zero-order valence-electron chi connectivity index (χ0n) is 9.29. The zero-order valence-corrected chi connectivity index (χ0v) is 9.29. The van der Waals surface area contributed by atoms with Gasteiger partial charge in [0.25, 0.3) is 0 Å². The number of urea groups is 1. The highest BCUT2D eigenvalue weighted by atomic mass is 16.4. The van der Waals surface area contributed by atoms with Crippen LogP contribution in [-0.2, 0) is 9.59 Å². The molecule has 1 aliphatic heterocycles. The molecule has 1 fully saturated rings. The van der Waals surface area contributed by atoms with Crippen molar-refractivity contribution in [2.45, 2.75) is 31.5 Å². The zero-order chi connectivity index (χ0) is 13.2. The van der Waals surface area contributed by atoms with E-state index in [0.717, 1.165) is 4.90 Å². The molecule has 0 radical (unpaired) electrons. The predicted molar refractivity (Wildman–Crippen MR) is 55.9 cm³/mol. The van der Waals surface area contributed by atoms with Gasteiger partial charge in [0, 0.05) is 13.0 Å². The van der Waals surface area contributed by atoms with Crippen molar-refractivity contribution in [3.8, 4) is 0 Å². The molecule has 0 aromatic rings. The van der Waals surface area contributed by atoms with Crippen LogP contribution in [0.2, 0.25) is 0 Å². The van der Waals surface area contributed by atoms with Crippen LogP contribution >= 0.6 is 0 Å². The number of nitrogens with one attached hydrogen (secondary N) is 1. The molecule has 1 saturated heterocycles. The molecule has 0 aromatic heterocycles. The number of nitrogens with zero attached hydrogens (tertiary/aromatic N) is 1. The van der Waals surface area contributed by atoms with Gasteiger partial charge in [-0.15, -0.1) is 0 Å². The van der Waals surface area contributed by atoms with Gasteiger partial charge in [-0.2, -0.15) is 0 Å². The Bertz CT molecular complexity index is 346. The SMILES string of the molecule is CC(NC(N)=O)C(=O)N1C[C@@H](O)C[C@H]1C(=O)O. The predicted octanol–water partition coefficient (Wildman–Crippen LogP) is -1.91. The summed E-state index contributed by atoms with van der Waals surface area (Å²) in [6, 6.07) is -2.84. The third-order valence-corrected chi connectivity index (χ3v) is 2.58. The largest absolute Gasteiger partial charge is 0.480 e. The molecule has 1 heterocycles. The summed E-state index contributed by atoms with van der Waals surface area (Å²) in [5, 5.41) is 20.4. The van der Waals surface area contributed by atoms with Crippen molar-refractivity contribution in [1.29, 1.82) is 0 Å². The summed E-state index contributed by atoms with van der Waals surface area (Å²) in [6.45, 7) is 1.34. The molecular weight excluding hydrogens is 230 g/mol. The summed E-state index contributed by atoms with van der Waals surface area (Å²) in [6.07, 6.45) is -0.870. The summed E-state index contributed by atoms with van der Waals surface area (Å²) in [7, 11) is 0. The number of aliphatic hydroxyl groups excluding tert-OH is 1. The third-order valence-electron chi connectivity index (χ3n) is 2.58. The van der Waals surface area contributed by atoms with Crippen LogP contribution in [0.3, 0.4) is 0 Å². The van der Waals surface area contributed by atoms with E-state index in [9.17, 15) is 19.5 Å². The number of primary amides is 1. The number of rotatable bonds is 3. The van der Waals surface area contributed by atoms with Gasteiger partial charge in [-0.25, -0.2) is 9.59 Å². The second-order valence-electron chi connectivity index (χ2n) is 3.96. The molecule has 3 atom stereocenters. The molecule has 1 aliphatic rings. The number of β-amino-alcohol motifs (C(OH)–C–C–N with tert-alkyl or cyclic N) is 1. The van der Waals surface area contributed by atoms with Crippen molar-refractivity contribution >= 4 is 17.9 Å². The van der Waals surface area contributed by atoms with Crippen molar-refractivity contribution in [1.82, 2.24) is 10.2 Å². The van der Waals surface area contributed by atoms with Crippen LogP contribution in [0.5, 0.6) is 0 Å². The molecule has 0 aliphatic carbocycles. The molecule has 0 spiro atoms.